The van der Waals surface area contributed by atoms with Gasteiger partial charge in [0.1, 0.15) is 17.4 Å². The van der Waals surface area contributed by atoms with Gasteiger partial charge in [-0.2, -0.15) is 0 Å². The molecule has 0 spiro atoms. The van der Waals surface area contributed by atoms with E-state index in [0.29, 0.717) is 23.9 Å². The Balaban J connectivity index is 1.37. The number of aryl methyl sites for hydroxylation is 2. The molecule has 0 fully saturated rings. The number of carbonyl (C=O) groups is 1. The van der Waals surface area contributed by atoms with Crippen LogP contribution in [-0.2, 0) is 29.0 Å². The third-order valence-corrected chi connectivity index (χ3v) is 5.01. The largest absolute Gasteiger partial charge is 0.486 e. The van der Waals surface area contributed by atoms with E-state index in [2.05, 4.69) is 9.97 Å². The highest BCUT2D eigenvalue weighted by molar-refractivity contribution is 7.09. The number of ether oxygens (including phenoxy) is 2. The van der Waals surface area contributed by atoms with Gasteiger partial charge in [-0.15, -0.1) is 11.3 Å². The number of benzene rings is 1. The van der Waals surface area contributed by atoms with Crippen LogP contribution in [-0.4, -0.2) is 22.5 Å². The Bertz CT molecular complexity index is 912. The molecule has 2 aromatic heterocycles. The molecule has 7 heteroatoms. The second kappa shape index (κ2) is 10.2. The van der Waals surface area contributed by atoms with Crippen molar-refractivity contribution in [3.63, 3.8) is 0 Å². The molecule has 0 saturated heterocycles. The molecule has 0 aliphatic carbocycles. The maximum atomic E-state index is 12.0. The van der Waals surface area contributed by atoms with Gasteiger partial charge in [-0.25, -0.2) is 4.98 Å². The molecule has 1 aromatic carbocycles. The lowest BCUT2D eigenvalue weighted by molar-refractivity contribution is -0.142. The van der Waals surface area contributed by atoms with E-state index < -0.39 is 0 Å². The van der Waals surface area contributed by atoms with E-state index in [1.54, 1.807) is 24.3 Å². The van der Waals surface area contributed by atoms with Crippen molar-refractivity contribution in [3.8, 4) is 5.75 Å². The summed E-state index contributed by atoms with van der Waals surface area (Å²) in [4.78, 5) is 20.8. The second-order valence-corrected chi connectivity index (χ2v) is 7.63. The number of hydrogen-bond donors (Lipinski definition) is 0. The van der Waals surface area contributed by atoms with Gasteiger partial charge in [0.2, 0.25) is 0 Å². The van der Waals surface area contributed by atoms with Crippen LogP contribution in [0.25, 0.3) is 0 Å². The first-order valence-electron chi connectivity index (χ1n) is 8.98. The third-order valence-electron chi connectivity index (χ3n) is 3.89. The van der Waals surface area contributed by atoms with Crippen LogP contribution in [0.15, 0.2) is 47.8 Å². The monoisotopic (exact) mass is 416 g/mol. The second-order valence-electron chi connectivity index (χ2n) is 6.25. The summed E-state index contributed by atoms with van der Waals surface area (Å²) in [5.41, 5.74) is 2.71. The van der Waals surface area contributed by atoms with Gasteiger partial charge in [0.05, 0.1) is 18.7 Å². The molecule has 146 valence electrons. The van der Waals surface area contributed by atoms with Crippen LogP contribution in [0.4, 0.5) is 0 Å². The van der Waals surface area contributed by atoms with Crippen LogP contribution < -0.4 is 4.74 Å². The molecule has 5 nitrogen and oxygen atoms in total. The summed E-state index contributed by atoms with van der Waals surface area (Å²) < 4.78 is 11.0. The zero-order valence-corrected chi connectivity index (χ0v) is 17.1. The molecule has 0 bridgehead atoms. The van der Waals surface area contributed by atoms with E-state index in [4.69, 9.17) is 21.1 Å². The van der Waals surface area contributed by atoms with E-state index in [0.717, 1.165) is 35.0 Å². The topological polar surface area (TPSA) is 61.3 Å². The minimum Gasteiger partial charge on any atom is -0.486 e. The Morgan fingerprint density at radius 3 is 2.71 bits per heavy atom. The lowest BCUT2D eigenvalue weighted by Crippen LogP contribution is -2.10. The average molecular weight is 417 g/mol. The fourth-order valence-electron chi connectivity index (χ4n) is 2.55. The first-order valence-corrected chi connectivity index (χ1v) is 10.2. The zero-order chi connectivity index (χ0) is 19.8. The van der Waals surface area contributed by atoms with Gasteiger partial charge in [-0.3, -0.25) is 9.78 Å². The van der Waals surface area contributed by atoms with Crippen LogP contribution in [0.3, 0.4) is 0 Å². The molecule has 0 aliphatic rings. The van der Waals surface area contributed by atoms with Crippen molar-refractivity contribution in [1.29, 1.82) is 0 Å². The van der Waals surface area contributed by atoms with Gasteiger partial charge in [-0.1, -0.05) is 17.7 Å². The zero-order valence-electron chi connectivity index (χ0n) is 15.6. The van der Waals surface area contributed by atoms with Crippen LogP contribution >= 0.6 is 22.9 Å². The summed E-state index contributed by atoms with van der Waals surface area (Å²) >= 11 is 7.31. The molecule has 0 saturated carbocycles. The van der Waals surface area contributed by atoms with Crippen molar-refractivity contribution in [2.75, 3.05) is 6.61 Å². The fraction of sp³-hybridized carbons (Fsp3) is 0.286. The van der Waals surface area contributed by atoms with E-state index in [1.807, 2.05) is 30.5 Å². The highest BCUT2D eigenvalue weighted by Crippen LogP contribution is 2.18. The van der Waals surface area contributed by atoms with E-state index in [9.17, 15) is 4.79 Å². The van der Waals surface area contributed by atoms with Gasteiger partial charge < -0.3 is 9.47 Å². The maximum Gasteiger partial charge on any atom is 0.311 e. The molecule has 28 heavy (non-hydrogen) atoms. The first-order chi connectivity index (χ1) is 13.6. The van der Waals surface area contributed by atoms with Crippen LogP contribution in [0, 0.1) is 6.92 Å². The summed E-state index contributed by atoms with van der Waals surface area (Å²) in [6, 6.07) is 13.1. The molecule has 0 unspecified atom stereocenters. The van der Waals surface area contributed by atoms with Gasteiger partial charge in [0.15, 0.2) is 0 Å². The Hall–Kier alpha value is -2.44. The molecular formula is C21H21ClN2O3S. The van der Waals surface area contributed by atoms with Gasteiger partial charge in [0.25, 0.3) is 0 Å². The van der Waals surface area contributed by atoms with Crippen molar-refractivity contribution in [1.82, 2.24) is 9.97 Å². The van der Waals surface area contributed by atoms with Gasteiger partial charge in [-0.05, 0) is 56.2 Å². The maximum absolute atomic E-state index is 12.0. The first kappa shape index (κ1) is 20.3. The van der Waals surface area contributed by atoms with E-state index in [-0.39, 0.29) is 12.4 Å². The van der Waals surface area contributed by atoms with Crippen molar-refractivity contribution < 1.29 is 14.3 Å². The Kier molecular flexibility index (Phi) is 7.39. The number of nitrogens with zero attached hydrogens (tertiary/aromatic N) is 2. The van der Waals surface area contributed by atoms with Crippen molar-refractivity contribution in [3.05, 3.63) is 75.0 Å². The van der Waals surface area contributed by atoms with Crippen molar-refractivity contribution >= 4 is 28.9 Å². The summed E-state index contributed by atoms with van der Waals surface area (Å²) in [7, 11) is 0. The Labute approximate surface area is 173 Å². The lowest BCUT2D eigenvalue weighted by Gasteiger charge is -2.05. The fourth-order valence-corrected chi connectivity index (χ4v) is 3.38. The highest BCUT2D eigenvalue weighted by atomic mass is 35.5. The molecule has 0 N–H and O–H groups in total. The average Bonchev–Trinajstić information content (AvgIpc) is 3.12. The quantitative estimate of drug-likeness (QED) is 0.370. The van der Waals surface area contributed by atoms with Crippen LogP contribution in [0.1, 0.15) is 28.5 Å². The van der Waals surface area contributed by atoms with Crippen molar-refractivity contribution in [2.45, 2.75) is 32.8 Å². The normalized spacial score (nSPS) is 10.6. The molecule has 3 rings (SSSR count). The molecular weight excluding hydrogens is 396 g/mol. The van der Waals surface area contributed by atoms with E-state index in [1.165, 1.54) is 11.3 Å². The summed E-state index contributed by atoms with van der Waals surface area (Å²) in [6.07, 6.45) is 1.71. The number of aromatic nitrogens is 2. The van der Waals surface area contributed by atoms with Gasteiger partial charge in [0, 0.05) is 21.8 Å². The number of halogens is 1. The summed E-state index contributed by atoms with van der Waals surface area (Å²) in [5.74, 6) is 0.455. The lowest BCUT2D eigenvalue weighted by atomic mass is 10.2. The highest BCUT2D eigenvalue weighted by Gasteiger charge is 2.10. The number of hydrogen-bond acceptors (Lipinski definition) is 6. The minimum absolute atomic E-state index is 0.167. The minimum atomic E-state index is -0.271. The number of carbonyl (C=O) groups excluding carboxylic acids is 1. The summed E-state index contributed by atoms with van der Waals surface area (Å²) in [6.45, 7) is 2.70. The Morgan fingerprint density at radius 2 is 1.93 bits per heavy atom. The predicted molar refractivity (Wildman–Crippen MR) is 110 cm³/mol. The summed E-state index contributed by atoms with van der Waals surface area (Å²) in [5, 5.41) is 3.33. The SMILES string of the molecule is Cc1cccc(CCCOC(=O)Cc2csc(COc3ccc(Cl)cc3)n2)n1. The smallest absolute Gasteiger partial charge is 0.311 e. The molecule has 3 aromatic rings. The van der Waals surface area contributed by atoms with E-state index >= 15 is 0 Å². The molecule has 2 heterocycles. The molecule has 0 atom stereocenters. The number of esters is 1. The van der Waals surface area contributed by atoms with Crippen molar-refractivity contribution in [2.24, 2.45) is 0 Å². The number of rotatable bonds is 9. The standard InChI is InChI=1S/C21H21ClN2O3S/c1-15-4-2-5-17(23-15)6-3-11-26-21(25)12-18-14-28-20(24-18)13-27-19-9-7-16(22)8-10-19/h2,4-5,7-10,14H,3,6,11-13H2,1H3. The third kappa shape index (κ3) is 6.62. The molecule has 0 aliphatic heterocycles. The molecule has 0 amide bonds. The van der Waals surface area contributed by atoms with Crippen LogP contribution in [0.2, 0.25) is 5.02 Å². The number of pyridine rings is 1. The van der Waals surface area contributed by atoms with Gasteiger partial charge >= 0.3 is 5.97 Å². The number of thiazole rings is 1. The molecule has 0 radical (unpaired) electrons. The van der Waals surface area contributed by atoms with Crippen LogP contribution in [0.5, 0.6) is 5.75 Å². The predicted octanol–water partition coefficient (Wildman–Crippen LogP) is 4.80. The Morgan fingerprint density at radius 1 is 1.11 bits per heavy atom.